The van der Waals surface area contributed by atoms with Gasteiger partial charge in [-0.1, -0.05) is 60.5 Å². The Balaban J connectivity index is 2.06. The number of imide groups is 1. The van der Waals surface area contributed by atoms with Gasteiger partial charge in [-0.15, -0.1) is 0 Å². The predicted octanol–water partition coefficient (Wildman–Crippen LogP) is 4.95. The molecule has 0 N–H and O–H groups in total. The van der Waals surface area contributed by atoms with Gasteiger partial charge >= 0.3 is 6.03 Å². The number of carbonyl (C=O) groups excluding carboxylic acids is 2. The topological polar surface area (TPSA) is 40.6 Å². The van der Waals surface area contributed by atoms with Gasteiger partial charge in [0.2, 0.25) is 0 Å². The maximum atomic E-state index is 13.3. The standard InChI is InChI=1S/C19H18Cl2N2O2/c1-12(13-7-5-4-6-8-13)19(2)17(24)23(18(25)22(19)3)16-10-14(20)9-15(21)11-16/h4-12H,1-3H3. The number of hydrogen-bond acceptors (Lipinski definition) is 2. The van der Waals surface area contributed by atoms with Crippen LogP contribution in [-0.2, 0) is 4.79 Å². The molecule has 130 valence electrons. The minimum Gasteiger partial charge on any atom is -0.312 e. The second-order valence-corrected chi connectivity index (χ2v) is 7.26. The zero-order valence-electron chi connectivity index (χ0n) is 14.2. The number of likely N-dealkylation sites (N-methyl/N-ethyl adjacent to an activating group) is 1. The first-order chi connectivity index (χ1) is 11.8. The number of hydrogen-bond donors (Lipinski definition) is 0. The first-order valence-electron chi connectivity index (χ1n) is 7.90. The van der Waals surface area contributed by atoms with E-state index in [1.807, 2.05) is 37.3 Å². The summed E-state index contributed by atoms with van der Waals surface area (Å²) in [4.78, 5) is 28.7. The number of urea groups is 1. The fourth-order valence-corrected chi connectivity index (χ4v) is 3.76. The van der Waals surface area contributed by atoms with Crippen molar-refractivity contribution in [3.8, 4) is 0 Å². The number of nitrogens with zero attached hydrogens (tertiary/aromatic N) is 2. The van der Waals surface area contributed by atoms with Gasteiger partial charge in [-0.3, -0.25) is 4.79 Å². The van der Waals surface area contributed by atoms with Crippen LogP contribution >= 0.6 is 23.2 Å². The summed E-state index contributed by atoms with van der Waals surface area (Å²) in [5.74, 6) is -0.482. The van der Waals surface area contributed by atoms with Gasteiger partial charge in [-0.05, 0) is 30.7 Å². The zero-order chi connectivity index (χ0) is 18.4. The SMILES string of the molecule is CC(c1ccccc1)C1(C)C(=O)N(c2cc(Cl)cc(Cl)c2)C(=O)N1C. The number of halogens is 2. The van der Waals surface area contributed by atoms with Gasteiger partial charge in [0, 0.05) is 23.0 Å². The lowest BCUT2D eigenvalue weighted by Crippen LogP contribution is -2.49. The highest BCUT2D eigenvalue weighted by molar-refractivity contribution is 6.35. The van der Waals surface area contributed by atoms with E-state index in [-0.39, 0.29) is 11.8 Å². The molecule has 0 radical (unpaired) electrons. The fraction of sp³-hybridized carbons (Fsp3) is 0.263. The van der Waals surface area contributed by atoms with E-state index in [0.717, 1.165) is 10.5 Å². The van der Waals surface area contributed by atoms with Gasteiger partial charge in [0.05, 0.1) is 5.69 Å². The van der Waals surface area contributed by atoms with Crippen molar-refractivity contribution in [3.63, 3.8) is 0 Å². The first-order valence-corrected chi connectivity index (χ1v) is 8.65. The quantitative estimate of drug-likeness (QED) is 0.710. The lowest BCUT2D eigenvalue weighted by Gasteiger charge is -2.34. The Morgan fingerprint density at radius 2 is 1.56 bits per heavy atom. The molecule has 2 aromatic carbocycles. The third-order valence-electron chi connectivity index (χ3n) is 5.06. The van der Waals surface area contributed by atoms with E-state index in [4.69, 9.17) is 23.2 Å². The van der Waals surface area contributed by atoms with E-state index >= 15 is 0 Å². The van der Waals surface area contributed by atoms with Gasteiger partial charge in [0.1, 0.15) is 5.54 Å². The molecule has 3 rings (SSSR count). The van der Waals surface area contributed by atoms with E-state index in [0.29, 0.717) is 15.7 Å². The Hall–Kier alpha value is -2.04. The van der Waals surface area contributed by atoms with Gasteiger partial charge in [0.15, 0.2) is 0 Å². The Labute approximate surface area is 156 Å². The van der Waals surface area contributed by atoms with Crippen LogP contribution in [0.25, 0.3) is 0 Å². The number of anilines is 1. The van der Waals surface area contributed by atoms with Crippen molar-refractivity contribution in [2.45, 2.75) is 25.3 Å². The molecular formula is C19H18Cl2N2O2. The fourth-order valence-electron chi connectivity index (χ4n) is 3.24. The van der Waals surface area contributed by atoms with Crippen LogP contribution in [0.1, 0.15) is 25.3 Å². The summed E-state index contributed by atoms with van der Waals surface area (Å²) >= 11 is 12.1. The molecule has 25 heavy (non-hydrogen) atoms. The lowest BCUT2D eigenvalue weighted by atomic mass is 9.81. The Kier molecular flexibility index (Phi) is 4.52. The Bertz CT molecular complexity index is 820. The van der Waals surface area contributed by atoms with Crippen molar-refractivity contribution in [3.05, 3.63) is 64.1 Å². The van der Waals surface area contributed by atoms with Crippen LogP contribution in [0, 0.1) is 0 Å². The highest BCUT2D eigenvalue weighted by atomic mass is 35.5. The first kappa shape index (κ1) is 17.8. The zero-order valence-corrected chi connectivity index (χ0v) is 15.7. The molecule has 2 unspecified atom stereocenters. The van der Waals surface area contributed by atoms with Crippen molar-refractivity contribution >= 4 is 40.8 Å². The summed E-state index contributed by atoms with van der Waals surface area (Å²) in [6.07, 6.45) is 0. The monoisotopic (exact) mass is 376 g/mol. The van der Waals surface area contributed by atoms with E-state index in [1.165, 1.54) is 4.90 Å². The van der Waals surface area contributed by atoms with E-state index in [1.54, 1.807) is 32.2 Å². The number of benzene rings is 2. The van der Waals surface area contributed by atoms with Gasteiger partial charge in [0.25, 0.3) is 5.91 Å². The van der Waals surface area contributed by atoms with Crippen molar-refractivity contribution < 1.29 is 9.59 Å². The third kappa shape index (κ3) is 2.79. The molecule has 2 aromatic rings. The van der Waals surface area contributed by atoms with Crippen LogP contribution < -0.4 is 4.90 Å². The maximum absolute atomic E-state index is 13.3. The summed E-state index contributed by atoms with van der Waals surface area (Å²) in [7, 11) is 1.64. The lowest BCUT2D eigenvalue weighted by molar-refractivity contribution is -0.124. The van der Waals surface area contributed by atoms with Crippen LogP contribution in [0.15, 0.2) is 48.5 Å². The van der Waals surface area contributed by atoms with Gasteiger partial charge in [-0.25, -0.2) is 9.69 Å². The molecule has 0 aromatic heterocycles. The molecule has 1 aliphatic heterocycles. The van der Waals surface area contributed by atoms with Crippen LogP contribution in [0.4, 0.5) is 10.5 Å². The van der Waals surface area contributed by atoms with Crippen molar-refractivity contribution in [2.75, 3.05) is 11.9 Å². The summed E-state index contributed by atoms with van der Waals surface area (Å²) in [5, 5.41) is 0.742. The number of carbonyl (C=O) groups is 2. The average molecular weight is 377 g/mol. The van der Waals surface area contributed by atoms with Crippen LogP contribution in [0.5, 0.6) is 0 Å². The minimum absolute atomic E-state index is 0.185. The van der Waals surface area contributed by atoms with Crippen LogP contribution in [-0.4, -0.2) is 29.4 Å². The van der Waals surface area contributed by atoms with Crippen LogP contribution in [0.3, 0.4) is 0 Å². The molecule has 3 amide bonds. The normalized spacial score (nSPS) is 21.8. The molecule has 0 bridgehead atoms. The summed E-state index contributed by atoms with van der Waals surface area (Å²) in [6.45, 7) is 3.74. The Morgan fingerprint density at radius 3 is 2.12 bits per heavy atom. The molecule has 0 spiro atoms. The summed E-state index contributed by atoms with van der Waals surface area (Å²) < 4.78 is 0. The second-order valence-electron chi connectivity index (χ2n) is 6.39. The molecule has 0 aliphatic carbocycles. The highest BCUT2D eigenvalue weighted by Gasteiger charge is 2.56. The molecule has 1 saturated heterocycles. The molecule has 1 aliphatic rings. The van der Waals surface area contributed by atoms with Crippen molar-refractivity contribution in [2.24, 2.45) is 0 Å². The Morgan fingerprint density at radius 1 is 1.00 bits per heavy atom. The summed E-state index contributed by atoms with van der Waals surface area (Å²) in [5.41, 5.74) is 0.361. The molecule has 2 atom stereocenters. The molecule has 4 nitrogen and oxygen atoms in total. The van der Waals surface area contributed by atoms with Gasteiger partial charge < -0.3 is 4.90 Å². The van der Waals surface area contributed by atoms with Gasteiger partial charge in [-0.2, -0.15) is 0 Å². The smallest absolute Gasteiger partial charge is 0.312 e. The molecular weight excluding hydrogens is 359 g/mol. The molecule has 1 heterocycles. The highest BCUT2D eigenvalue weighted by Crippen LogP contribution is 2.41. The molecule has 1 fully saturated rings. The number of rotatable bonds is 3. The molecule has 0 saturated carbocycles. The number of amides is 3. The van der Waals surface area contributed by atoms with E-state index in [9.17, 15) is 9.59 Å². The molecule has 6 heteroatoms. The van der Waals surface area contributed by atoms with Crippen molar-refractivity contribution in [1.29, 1.82) is 0 Å². The second kappa shape index (κ2) is 6.36. The third-order valence-corrected chi connectivity index (χ3v) is 5.50. The minimum atomic E-state index is -1.01. The average Bonchev–Trinajstić information content (AvgIpc) is 2.75. The predicted molar refractivity (Wildman–Crippen MR) is 100 cm³/mol. The van der Waals surface area contributed by atoms with Crippen LogP contribution in [0.2, 0.25) is 10.0 Å². The van der Waals surface area contributed by atoms with E-state index in [2.05, 4.69) is 0 Å². The maximum Gasteiger partial charge on any atom is 0.332 e. The largest absolute Gasteiger partial charge is 0.332 e. The summed E-state index contributed by atoms with van der Waals surface area (Å²) in [6, 6.07) is 14.0. The van der Waals surface area contributed by atoms with Crippen molar-refractivity contribution in [1.82, 2.24) is 4.90 Å². The van der Waals surface area contributed by atoms with E-state index < -0.39 is 11.6 Å².